The standard InChI is InChI=1S/C8H9ClFNOS/c1-3-12-8-6(10)7(13-2)5(9)4-11-8/h4H,3H2,1-2H3. The summed E-state index contributed by atoms with van der Waals surface area (Å²) in [7, 11) is 0. The molecular formula is C8H9ClFNOS. The van der Waals surface area contributed by atoms with Gasteiger partial charge >= 0.3 is 0 Å². The smallest absolute Gasteiger partial charge is 0.251 e. The van der Waals surface area contributed by atoms with Crippen molar-refractivity contribution in [2.24, 2.45) is 0 Å². The summed E-state index contributed by atoms with van der Waals surface area (Å²) in [4.78, 5) is 4.11. The second kappa shape index (κ2) is 4.67. The molecule has 1 heterocycles. The number of nitrogens with zero attached hydrogens (tertiary/aromatic N) is 1. The Kier molecular flexibility index (Phi) is 3.81. The fourth-order valence-corrected chi connectivity index (χ4v) is 1.73. The van der Waals surface area contributed by atoms with Crippen LogP contribution in [0.25, 0.3) is 0 Å². The number of hydrogen-bond acceptors (Lipinski definition) is 3. The van der Waals surface area contributed by atoms with Gasteiger partial charge in [-0.25, -0.2) is 4.98 Å². The average molecular weight is 222 g/mol. The first-order valence-corrected chi connectivity index (χ1v) is 5.31. The molecule has 2 nitrogen and oxygen atoms in total. The number of pyridine rings is 1. The number of thioether (sulfide) groups is 1. The van der Waals surface area contributed by atoms with E-state index < -0.39 is 5.82 Å². The summed E-state index contributed by atoms with van der Waals surface area (Å²) in [5.74, 6) is -0.474. The highest BCUT2D eigenvalue weighted by molar-refractivity contribution is 7.98. The minimum Gasteiger partial charge on any atom is -0.476 e. The highest BCUT2D eigenvalue weighted by atomic mass is 35.5. The molecule has 0 radical (unpaired) electrons. The van der Waals surface area contributed by atoms with Crippen LogP contribution in [0.1, 0.15) is 6.92 Å². The van der Waals surface area contributed by atoms with Crippen molar-refractivity contribution >= 4 is 23.4 Å². The van der Waals surface area contributed by atoms with Gasteiger partial charge in [-0.3, -0.25) is 0 Å². The molecule has 72 valence electrons. The Morgan fingerprint density at radius 1 is 1.69 bits per heavy atom. The van der Waals surface area contributed by atoms with Gasteiger partial charge in [0.05, 0.1) is 22.7 Å². The molecule has 0 unspecified atom stereocenters. The van der Waals surface area contributed by atoms with Crippen molar-refractivity contribution in [2.75, 3.05) is 12.9 Å². The molecule has 0 saturated carbocycles. The zero-order chi connectivity index (χ0) is 9.84. The molecule has 0 atom stereocenters. The molecule has 1 rings (SSSR count). The Labute approximate surface area is 85.5 Å². The van der Waals surface area contributed by atoms with Crippen LogP contribution in [0, 0.1) is 5.82 Å². The van der Waals surface area contributed by atoms with Crippen molar-refractivity contribution in [1.29, 1.82) is 0 Å². The topological polar surface area (TPSA) is 22.1 Å². The van der Waals surface area contributed by atoms with Crippen LogP contribution in [0.15, 0.2) is 11.1 Å². The minimum atomic E-state index is -0.484. The van der Waals surface area contributed by atoms with E-state index in [0.717, 1.165) is 0 Å². The SMILES string of the molecule is CCOc1ncc(Cl)c(SC)c1F. The normalized spacial score (nSPS) is 10.2. The van der Waals surface area contributed by atoms with E-state index in [-0.39, 0.29) is 5.88 Å². The van der Waals surface area contributed by atoms with E-state index in [9.17, 15) is 4.39 Å². The monoisotopic (exact) mass is 221 g/mol. The average Bonchev–Trinajstić information content (AvgIpc) is 2.11. The van der Waals surface area contributed by atoms with E-state index in [1.165, 1.54) is 18.0 Å². The van der Waals surface area contributed by atoms with Gasteiger partial charge in [-0.2, -0.15) is 4.39 Å². The Bertz CT molecular complexity index is 308. The largest absolute Gasteiger partial charge is 0.476 e. The van der Waals surface area contributed by atoms with Gasteiger partial charge in [-0.15, -0.1) is 11.8 Å². The fraction of sp³-hybridized carbons (Fsp3) is 0.375. The Morgan fingerprint density at radius 2 is 2.38 bits per heavy atom. The van der Waals surface area contributed by atoms with E-state index in [1.54, 1.807) is 13.2 Å². The van der Waals surface area contributed by atoms with Crippen molar-refractivity contribution in [2.45, 2.75) is 11.8 Å². The highest BCUT2D eigenvalue weighted by Crippen LogP contribution is 2.31. The van der Waals surface area contributed by atoms with E-state index in [1.807, 2.05) is 0 Å². The van der Waals surface area contributed by atoms with Gasteiger partial charge in [0.2, 0.25) is 0 Å². The van der Waals surface area contributed by atoms with Crippen LogP contribution in [0.2, 0.25) is 5.02 Å². The van der Waals surface area contributed by atoms with Crippen LogP contribution < -0.4 is 4.74 Å². The number of rotatable bonds is 3. The molecule has 0 fully saturated rings. The van der Waals surface area contributed by atoms with E-state index in [4.69, 9.17) is 16.3 Å². The van der Waals surface area contributed by atoms with Crippen LogP contribution >= 0.6 is 23.4 Å². The lowest BCUT2D eigenvalue weighted by Gasteiger charge is -2.06. The van der Waals surface area contributed by atoms with Gasteiger partial charge in [-0.05, 0) is 13.2 Å². The predicted molar refractivity (Wildman–Crippen MR) is 52.2 cm³/mol. The van der Waals surface area contributed by atoms with E-state index in [2.05, 4.69) is 4.98 Å². The maximum Gasteiger partial charge on any atom is 0.251 e. The first-order chi connectivity index (χ1) is 6.20. The Balaban J connectivity index is 3.11. The quantitative estimate of drug-likeness (QED) is 0.733. The van der Waals surface area contributed by atoms with Gasteiger partial charge in [-0.1, -0.05) is 11.6 Å². The number of ether oxygens (including phenoxy) is 1. The van der Waals surface area contributed by atoms with Crippen LogP contribution in [0.4, 0.5) is 4.39 Å². The van der Waals surface area contributed by atoms with Crippen LogP contribution in [-0.2, 0) is 0 Å². The molecule has 0 aliphatic carbocycles. The van der Waals surface area contributed by atoms with Gasteiger partial charge in [0, 0.05) is 0 Å². The van der Waals surface area contributed by atoms with Gasteiger partial charge in [0.15, 0.2) is 5.82 Å². The fourth-order valence-electron chi connectivity index (χ4n) is 0.857. The summed E-state index contributed by atoms with van der Waals surface area (Å²) in [6.07, 6.45) is 3.14. The zero-order valence-corrected chi connectivity index (χ0v) is 8.88. The van der Waals surface area contributed by atoms with Crippen molar-refractivity contribution < 1.29 is 9.13 Å². The molecular weight excluding hydrogens is 213 g/mol. The molecule has 0 bridgehead atoms. The molecule has 0 aliphatic heterocycles. The van der Waals surface area contributed by atoms with Crippen molar-refractivity contribution in [3.8, 4) is 5.88 Å². The lowest BCUT2D eigenvalue weighted by atomic mass is 10.4. The van der Waals surface area contributed by atoms with Gasteiger partial charge in [0.25, 0.3) is 5.88 Å². The first kappa shape index (κ1) is 10.6. The molecule has 13 heavy (non-hydrogen) atoms. The maximum atomic E-state index is 13.4. The summed E-state index contributed by atoms with van der Waals surface area (Å²) < 4.78 is 18.4. The van der Waals surface area contributed by atoms with E-state index in [0.29, 0.717) is 16.5 Å². The third-order valence-electron chi connectivity index (χ3n) is 1.38. The third kappa shape index (κ3) is 2.25. The zero-order valence-electron chi connectivity index (χ0n) is 7.30. The van der Waals surface area contributed by atoms with Crippen molar-refractivity contribution in [3.63, 3.8) is 0 Å². The Morgan fingerprint density at radius 3 is 2.92 bits per heavy atom. The number of halogens is 2. The molecule has 1 aromatic heterocycles. The molecule has 0 aliphatic rings. The van der Waals surface area contributed by atoms with Gasteiger partial charge in [0.1, 0.15) is 0 Å². The van der Waals surface area contributed by atoms with E-state index >= 15 is 0 Å². The lowest BCUT2D eigenvalue weighted by Crippen LogP contribution is -1.98. The molecule has 0 spiro atoms. The molecule has 0 saturated heterocycles. The summed E-state index contributed by atoms with van der Waals surface area (Å²) in [5, 5.41) is 0.313. The first-order valence-electron chi connectivity index (χ1n) is 3.71. The second-order valence-corrected chi connectivity index (χ2v) is 3.42. The summed E-state index contributed by atoms with van der Waals surface area (Å²) in [5.41, 5.74) is 0. The number of aromatic nitrogens is 1. The van der Waals surface area contributed by atoms with Crippen LogP contribution in [0.3, 0.4) is 0 Å². The third-order valence-corrected chi connectivity index (χ3v) is 2.59. The Hall–Kier alpha value is -0.480. The van der Waals surface area contributed by atoms with Crippen molar-refractivity contribution in [3.05, 3.63) is 17.0 Å². The number of hydrogen-bond donors (Lipinski definition) is 0. The highest BCUT2D eigenvalue weighted by Gasteiger charge is 2.13. The predicted octanol–water partition coefficient (Wildman–Crippen LogP) is 2.99. The molecule has 1 aromatic rings. The molecule has 0 N–H and O–H groups in total. The lowest BCUT2D eigenvalue weighted by molar-refractivity contribution is 0.304. The van der Waals surface area contributed by atoms with Crippen LogP contribution in [0.5, 0.6) is 5.88 Å². The van der Waals surface area contributed by atoms with Crippen LogP contribution in [-0.4, -0.2) is 17.8 Å². The summed E-state index contributed by atoms with van der Waals surface area (Å²) >= 11 is 6.96. The second-order valence-electron chi connectivity index (χ2n) is 2.19. The summed E-state index contributed by atoms with van der Waals surface area (Å²) in [6.45, 7) is 2.16. The van der Waals surface area contributed by atoms with Crippen molar-refractivity contribution in [1.82, 2.24) is 4.98 Å². The molecule has 0 aromatic carbocycles. The summed E-state index contributed by atoms with van der Waals surface area (Å²) in [6, 6.07) is 0. The minimum absolute atomic E-state index is 0.0104. The van der Waals surface area contributed by atoms with Gasteiger partial charge < -0.3 is 4.74 Å². The molecule has 0 amide bonds. The maximum absolute atomic E-state index is 13.4. The molecule has 5 heteroatoms.